The number of aliphatic hydroxyl groups excluding tert-OH is 2. The second-order valence-corrected chi connectivity index (χ2v) is 15.9. The van der Waals surface area contributed by atoms with Crippen molar-refractivity contribution < 1.29 is 47.8 Å². The van der Waals surface area contributed by atoms with E-state index in [9.17, 15) is 24.2 Å². The normalized spacial score (nSPS) is 14.3. The zero-order valence-electron chi connectivity index (χ0n) is 34.6. The number of carbonyl (C=O) groups excluding carboxylic acids is 2. The van der Waals surface area contributed by atoms with Crippen molar-refractivity contribution in [1.29, 1.82) is 0 Å². The van der Waals surface area contributed by atoms with E-state index >= 15 is 0 Å². The van der Waals surface area contributed by atoms with Gasteiger partial charge in [-0.15, -0.1) is 0 Å². The standard InChI is InChI=1S/C44H79O10P/c1-3-5-7-9-11-13-15-17-18-19-20-21-22-24-25-27-29-31-33-35-43(47)51-39-42(40-53-55(49,50)52-38-41(46)37-45)54-44(48)36-34-32-30-28-26-23-16-14-12-10-8-6-4-2/h6,8,10,12,14,16,23,26,41-42,45-46H,3-5,7,9,11,13,15,17-22,24-25,27-40H2,1-2H3,(H,49,50)/b8-6+,12-10+,16-14+,26-23+/t41-,42?/m1/s1. The van der Waals surface area contributed by atoms with Gasteiger partial charge in [0.25, 0.3) is 0 Å². The first-order valence-electron chi connectivity index (χ1n) is 21.6. The number of unbranched alkanes of at least 4 members (excludes halogenated alkanes) is 21. The molecule has 0 heterocycles. The van der Waals surface area contributed by atoms with E-state index in [1.165, 1.54) is 96.3 Å². The molecule has 0 aliphatic heterocycles. The van der Waals surface area contributed by atoms with Crippen LogP contribution in [0.3, 0.4) is 0 Å². The van der Waals surface area contributed by atoms with Crippen molar-refractivity contribution in [3.8, 4) is 0 Å². The molecule has 55 heavy (non-hydrogen) atoms. The number of hydrogen-bond acceptors (Lipinski definition) is 9. The average molecular weight is 799 g/mol. The Labute approximate surface area is 334 Å². The molecule has 0 radical (unpaired) electrons. The van der Waals surface area contributed by atoms with Gasteiger partial charge in [0.05, 0.1) is 19.8 Å². The second-order valence-electron chi connectivity index (χ2n) is 14.4. The molecule has 0 bridgehead atoms. The van der Waals surface area contributed by atoms with Crippen LogP contribution in [0.15, 0.2) is 48.6 Å². The van der Waals surface area contributed by atoms with Crippen LogP contribution in [-0.4, -0.2) is 65.7 Å². The van der Waals surface area contributed by atoms with E-state index < -0.39 is 51.8 Å². The fourth-order valence-electron chi connectivity index (χ4n) is 5.77. The van der Waals surface area contributed by atoms with E-state index in [-0.39, 0.29) is 19.4 Å². The molecule has 11 heteroatoms. The van der Waals surface area contributed by atoms with E-state index in [0.717, 1.165) is 44.9 Å². The first kappa shape index (κ1) is 52.9. The molecule has 0 aromatic rings. The van der Waals surface area contributed by atoms with Crippen LogP contribution in [0.25, 0.3) is 0 Å². The summed E-state index contributed by atoms with van der Waals surface area (Å²) in [7, 11) is -4.63. The van der Waals surface area contributed by atoms with Gasteiger partial charge in [-0.3, -0.25) is 18.6 Å². The molecule has 0 amide bonds. The lowest BCUT2D eigenvalue weighted by Crippen LogP contribution is -2.29. The summed E-state index contributed by atoms with van der Waals surface area (Å²) in [6.45, 7) is 2.20. The Morgan fingerprint density at radius 3 is 1.51 bits per heavy atom. The minimum atomic E-state index is -4.63. The maximum Gasteiger partial charge on any atom is 0.472 e. The molecule has 320 valence electrons. The third-order valence-corrected chi connectivity index (χ3v) is 10.0. The van der Waals surface area contributed by atoms with Gasteiger partial charge in [-0.2, -0.15) is 0 Å². The number of phosphoric acid groups is 1. The molecule has 3 N–H and O–H groups in total. The van der Waals surface area contributed by atoms with Crippen molar-refractivity contribution in [1.82, 2.24) is 0 Å². The Balaban J connectivity index is 4.27. The van der Waals surface area contributed by atoms with Crippen LogP contribution in [-0.2, 0) is 32.7 Å². The molecule has 10 nitrogen and oxygen atoms in total. The van der Waals surface area contributed by atoms with Gasteiger partial charge in [-0.1, -0.05) is 184 Å². The molecule has 2 unspecified atom stereocenters. The number of hydrogen-bond donors (Lipinski definition) is 3. The number of allylic oxidation sites excluding steroid dienone is 8. The van der Waals surface area contributed by atoms with Gasteiger partial charge in [-0.25, -0.2) is 4.57 Å². The molecule has 0 aromatic heterocycles. The van der Waals surface area contributed by atoms with Gasteiger partial charge in [0.2, 0.25) is 0 Å². The largest absolute Gasteiger partial charge is 0.472 e. The lowest BCUT2D eigenvalue weighted by molar-refractivity contribution is -0.161. The summed E-state index contributed by atoms with van der Waals surface area (Å²) in [5, 5.41) is 18.3. The van der Waals surface area contributed by atoms with Gasteiger partial charge in [-0.05, 0) is 32.1 Å². The van der Waals surface area contributed by atoms with Gasteiger partial charge >= 0.3 is 19.8 Å². The molecule has 0 aromatic carbocycles. The summed E-state index contributed by atoms with van der Waals surface area (Å²) in [4.78, 5) is 34.9. The number of ether oxygens (including phenoxy) is 2. The Kier molecular flexibility index (Phi) is 38.6. The third kappa shape index (κ3) is 39.9. The van der Waals surface area contributed by atoms with Gasteiger partial charge in [0.1, 0.15) is 12.7 Å². The highest BCUT2D eigenvalue weighted by Crippen LogP contribution is 2.43. The SMILES string of the molecule is CC/C=C/C=C/C=C/C=C/CCCCCC(=O)OC(COC(=O)CCCCCCCCCCCCCCCCCCCCC)COP(=O)(O)OC[C@H](O)CO. The smallest absolute Gasteiger partial charge is 0.462 e. The first-order chi connectivity index (χ1) is 26.7. The number of esters is 2. The zero-order valence-corrected chi connectivity index (χ0v) is 35.5. The Morgan fingerprint density at radius 1 is 0.564 bits per heavy atom. The molecular formula is C44H79O10P. The third-order valence-electron chi connectivity index (χ3n) is 9.09. The predicted molar refractivity (Wildman–Crippen MR) is 224 cm³/mol. The van der Waals surface area contributed by atoms with Gasteiger partial charge in [0, 0.05) is 12.8 Å². The fourth-order valence-corrected chi connectivity index (χ4v) is 6.56. The summed E-state index contributed by atoms with van der Waals surface area (Å²) in [6, 6.07) is 0. The van der Waals surface area contributed by atoms with Crippen LogP contribution in [0.1, 0.15) is 181 Å². The van der Waals surface area contributed by atoms with Crippen molar-refractivity contribution in [2.75, 3.05) is 26.4 Å². The van der Waals surface area contributed by atoms with E-state index in [1.807, 2.05) is 36.5 Å². The summed E-state index contributed by atoms with van der Waals surface area (Å²) >= 11 is 0. The highest BCUT2D eigenvalue weighted by atomic mass is 31.2. The topological polar surface area (TPSA) is 149 Å². The number of rotatable bonds is 40. The Hall–Kier alpha value is -2.07. The molecule has 0 rings (SSSR count). The molecule has 0 aliphatic rings. The van der Waals surface area contributed by atoms with Crippen molar-refractivity contribution in [3.63, 3.8) is 0 Å². The van der Waals surface area contributed by atoms with Crippen LogP contribution in [0, 0.1) is 0 Å². The second kappa shape index (κ2) is 40.1. The predicted octanol–water partition coefficient (Wildman–Crippen LogP) is 11.3. The minimum Gasteiger partial charge on any atom is -0.462 e. The van der Waals surface area contributed by atoms with Crippen LogP contribution in [0.5, 0.6) is 0 Å². The van der Waals surface area contributed by atoms with E-state index in [4.69, 9.17) is 19.1 Å². The van der Waals surface area contributed by atoms with Gasteiger partial charge in [0.15, 0.2) is 6.10 Å². The number of carbonyl (C=O) groups is 2. The van der Waals surface area contributed by atoms with Crippen molar-refractivity contribution in [2.45, 2.75) is 193 Å². The van der Waals surface area contributed by atoms with Crippen molar-refractivity contribution in [3.05, 3.63) is 48.6 Å². The maximum atomic E-state index is 12.6. The van der Waals surface area contributed by atoms with Crippen LogP contribution < -0.4 is 0 Å². The Bertz CT molecular complexity index is 1060. The number of aliphatic hydroxyl groups is 2. The summed E-state index contributed by atoms with van der Waals surface area (Å²) in [6.07, 6.45) is 42.3. The molecule has 0 aliphatic carbocycles. The molecule has 0 spiro atoms. The molecule has 0 saturated heterocycles. The number of phosphoric ester groups is 1. The summed E-state index contributed by atoms with van der Waals surface area (Å²) in [5.41, 5.74) is 0. The van der Waals surface area contributed by atoms with Crippen molar-refractivity contribution >= 4 is 19.8 Å². The highest BCUT2D eigenvalue weighted by molar-refractivity contribution is 7.47. The molecule has 0 saturated carbocycles. The van der Waals surface area contributed by atoms with Crippen LogP contribution in [0.2, 0.25) is 0 Å². The van der Waals surface area contributed by atoms with E-state index in [2.05, 4.69) is 30.5 Å². The first-order valence-corrected chi connectivity index (χ1v) is 23.1. The zero-order chi connectivity index (χ0) is 40.5. The minimum absolute atomic E-state index is 0.138. The molecule has 3 atom stereocenters. The fraction of sp³-hybridized carbons (Fsp3) is 0.773. The monoisotopic (exact) mass is 799 g/mol. The van der Waals surface area contributed by atoms with E-state index in [1.54, 1.807) is 0 Å². The van der Waals surface area contributed by atoms with E-state index in [0.29, 0.717) is 12.8 Å². The van der Waals surface area contributed by atoms with Crippen molar-refractivity contribution in [2.24, 2.45) is 0 Å². The van der Waals surface area contributed by atoms with Gasteiger partial charge < -0.3 is 24.6 Å². The summed E-state index contributed by atoms with van der Waals surface area (Å²) < 4.78 is 32.6. The molecular weight excluding hydrogens is 719 g/mol. The highest BCUT2D eigenvalue weighted by Gasteiger charge is 2.27. The Morgan fingerprint density at radius 2 is 1.00 bits per heavy atom. The van der Waals surface area contributed by atoms with Crippen LogP contribution >= 0.6 is 7.82 Å². The molecule has 0 fully saturated rings. The lowest BCUT2D eigenvalue weighted by atomic mass is 10.0. The quantitative estimate of drug-likeness (QED) is 0.0237. The van der Waals surface area contributed by atoms with Crippen LogP contribution in [0.4, 0.5) is 0 Å². The summed E-state index contributed by atoms with van der Waals surface area (Å²) in [5.74, 6) is -0.968. The maximum absolute atomic E-state index is 12.6. The average Bonchev–Trinajstić information content (AvgIpc) is 3.17. The lowest BCUT2D eigenvalue weighted by Gasteiger charge is -2.20.